The Labute approximate surface area is 81.6 Å². The fourth-order valence-corrected chi connectivity index (χ4v) is 3.48. The first kappa shape index (κ1) is 10.2. The summed E-state index contributed by atoms with van der Waals surface area (Å²) in [5, 5.41) is 0. The van der Waals surface area contributed by atoms with Crippen LogP contribution in [0.4, 0.5) is 0 Å². The molecule has 66 valence electrons. The quantitative estimate of drug-likeness (QED) is 0.747. The van der Waals surface area contributed by atoms with Crippen molar-refractivity contribution in [3.05, 3.63) is 29.8 Å². The van der Waals surface area contributed by atoms with Crippen molar-refractivity contribution >= 4 is 28.7 Å². The zero-order valence-corrected chi connectivity index (χ0v) is 9.26. The van der Waals surface area contributed by atoms with Gasteiger partial charge >= 0.3 is 0 Å². The van der Waals surface area contributed by atoms with Crippen molar-refractivity contribution in [3.63, 3.8) is 0 Å². The molecule has 0 saturated heterocycles. The molecule has 5 heteroatoms. The van der Waals surface area contributed by atoms with Crippen molar-refractivity contribution in [2.75, 3.05) is 0 Å². The lowest BCUT2D eigenvalue weighted by atomic mass is 10.2. The fraction of sp³-hybridized carbons (Fsp3) is 0.143. The molecule has 12 heavy (non-hydrogen) atoms. The van der Waals surface area contributed by atoms with Crippen LogP contribution in [-0.4, -0.2) is 0 Å². The van der Waals surface area contributed by atoms with E-state index in [9.17, 15) is 0 Å². The van der Waals surface area contributed by atoms with Crippen LogP contribution in [0.1, 0.15) is 5.56 Å². The van der Waals surface area contributed by atoms with Crippen LogP contribution in [0.2, 0.25) is 0 Å². The highest BCUT2D eigenvalue weighted by molar-refractivity contribution is 8.69. The maximum absolute atomic E-state index is 5.57. The SMILES string of the molecule is Cc1ccc(SP(N)(N)=S)cc1. The van der Waals surface area contributed by atoms with E-state index in [1.54, 1.807) is 0 Å². The number of hydrogen-bond donors (Lipinski definition) is 2. The van der Waals surface area contributed by atoms with Crippen LogP contribution in [0.5, 0.6) is 0 Å². The van der Waals surface area contributed by atoms with Crippen molar-refractivity contribution in [3.8, 4) is 0 Å². The molecule has 1 aromatic rings. The van der Waals surface area contributed by atoms with Gasteiger partial charge in [-0.1, -0.05) is 40.9 Å². The van der Waals surface area contributed by atoms with Crippen molar-refractivity contribution in [1.82, 2.24) is 0 Å². The van der Waals surface area contributed by atoms with E-state index in [1.165, 1.54) is 16.9 Å². The van der Waals surface area contributed by atoms with E-state index in [2.05, 4.69) is 0 Å². The number of hydrogen-bond acceptors (Lipinski definition) is 2. The van der Waals surface area contributed by atoms with Crippen LogP contribution in [0.25, 0.3) is 0 Å². The molecule has 0 amide bonds. The number of nitrogens with two attached hydrogens (primary N) is 2. The first-order valence-electron chi connectivity index (χ1n) is 3.41. The molecular weight excluding hydrogens is 207 g/mol. The lowest BCUT2D eigenvalue weighted by molar-refractivity contribution is 1.38. The van der Waals surface area contributed by atoms with E-state index >= 15 is 0 Å². The van der Waals surface area contributed by atoms with Gasteiger partial charge in [-0.15, -0.1) is 0 Å². The molecule has 0 radical (unpaired) electrons. The Bertz CT molecular complexity index is 304. The third-order valence-corrected chi connectivity index (χ3v) is 4.20. The normalized spacial score (nSPS) is 11.6. The Morgan fingerprint density at radius 1 is 1.25 bits per heavy atom. The van der Waals surface area contributed by atoms with E-state index < -0.39 is 5.54 Å². The van der Waals surface area contributed by atoms with Gasteiger partial charge in [0.2, 0.25) is 0 Å². The predicted molar refractivity (Wildman–Crippen MR) is 59.7 cm³/mol. The summed E-state index contributed by atoms with van der Waals surface area (Å²) in [7, 11) is 0. The highest BCUT2D eigenvalue weighted by atomic mass is 32.9. The molecule has 0 saturated carbocycles. The van der Waals surface area contributed by atoms with Crippen molar-refractivity contribution in [2.24, 2.45) is 11.0 Å². The summed E-state index contributed by atoms with van der Waals surface area (Å²) in [5.41, 5.74) is 10.2. The minimum atomic E-state index is -2.15. The third kappa shape index (κ3) is 3.70. The number of benzene rings is 1. The molecule has 0 aliphatic carbocycles. The molecule has 0 aliphatic heterocycles. The van der Waals surface area contributed by atoms with Crippen molar-refractivity contribution in [1.29, 1.82) is 0 Å². The zero-order valence-electron chi connectivity index (χ0n) is 6.73. The van der Waals surface area contributed by atoms with Gasteiger partial charge in [0.25, 0.3) is 0 Å². The Kier molecular flexibility index (Phi) is 3.32. The van der Waals surface area contributed by atoms with Gasteiger partial charge in [0.05, 0.1) is 0 Å². The lowest BCUT2D eigenvalue weighted by Gasteiger charge is -2.08. The maximum Gasteiger partial charge on any atom is 0.126 e. The smallest absolute Gasteiger partial charge is 0.126 e. The second-order valence-corrected chi connectivity index (χ2v) is 9.36. The van der Waals surface area contributed by atoms with Gasteiger partial charge in [-0.25, -0.2) is 0 Å². The Morgan fingerprint density at radius 3 is 2.17 bits per heavy atom. The van der Waals surface area contributed by atoms with Crippen LogP contribution in [-0.2, 0) is 11.8 Å². The highest BCUT2D eigenvalue weighted by Gasteiger charge is 2.04. The first-order valence-corrected chi connectivity index (χ1v) is 7.77. The summed E-state index contributed by atoms with van der Waals surface area (Å²) in [6, 6.07) is 8.02. The Balaban J connectivity index is 2.78. The van der Waals surface area contributed by atoms with Gasteiger partial charge in [-0.05, 0) is 19.1 Å². The van der Waals surface area contributed by atoms with Crippen LogP contribution >= 0.6 is 16.9 Å². The van der Waals surface area contributed by atoms with Crippen LogP contribution in [0, 0.1) is 6.92 Å². The van der Waals surface area contributed by atoms with Crippen molar-refractivity contribution in [2.45, 2.75) is 11.8 Å². The van der Waals surface area contributed by atoms with Gasteiger partial charge in [0.1, 0.15) is 5.54 Å². The van der Waals surface area contributed by atoms with Gasteiger partial charge in [-0.3, -0.25) is 11.0 Å². The monoisotopic (exact) mass is 218 g/mol. The van der Waals surface area contributed by atoms with Crippen LogP contribution in [0.3, 0.4) is 0 Å². The maximum atomic E-state index is 5.57. The minimum Gasteiger partial charge on any atom is -0.283 e. The average molecular weight is 218 g/mol. The number of rotatable bonds is 2. The summed E-state index contributed by atoms with van der Waals surface area (Å²) >= 11 is 6.32. The molecular formula is C7H11N2PS2. The molecule has 0 heterocycles. The standard InChI is InChI=1S/C7H11N2PS2/c1-6-2-4-7(5-3-6)12-10(8,9)11/h2-5H,1H3,(H4,8,9,11). The second-order valence-electron chi connectivity index (χ2n) is 2.55. The largest absolute Gasteiger partial charge is 0.283 e. The average Bonchev–Trinajstić information content (AvgIpc) is 1.91. The summed E-state index contributed by atoms with van der Waals surface area (Å²) in [5.74, 6) is 0. The molecule has 4 N–H and O–H groups in total. The highest BCUT2D eigenvalue weighted by Crippen LogP contribution is 2.48. The lowest BCUT2D eigenvalue weighted by Crippen LogP contribution is -1.98. The third-order valence-electron chi connectivity index (χ3n) is 1.27. The Morgan fingerprint density at radius 2 is 1.75 bits per heavy atom. The van der Waals surface area contributed by atoms with Crippen molar-refractivity contribution < 1.29 is 0 Å². The molecule has 0 bridgehead atoms. The molecule has 0 atom stereocenters. The number of aryl methyl sites for hydroxylation is 1. The van der Waals surface area contributed by atoms with Gasteiger partial charge < -0.3 is 0 Å². The molecule has 0 aliphatic rings. The van der Waals surface area contributed by atoms with E-state index in [0.717, 1.165) is 4.90 Å². The zero-order chi connectivity index (χ0) is 9.19. The first-order chi connectivity index (χ1) is 5.47. The van der Waals surface area contributed by atoms with Crippen LogP contribution < -0.4 is 11.0 Å². The summed E-state index contributed by atoms with van der Waals surface area (Å²) < 4.78 is 0. The molecule has 1 aromatic carbocycles. The summed E-state index contributed by atoms with van der Waals surface area (Å²) in [6.07, 6.45) is 0. The van der Waals surface area contributed by atoms with E-state index in [4.69, 9.17) is 22.8 Å². The second kappa shape index (κ2) is 3.90. The molecule has 0 aromatic heterocycles. The summed E-state index contributed by atoms with van der Waals surface area (Å²) in [4.78, 5) is 1.05. The van der Waals surface area contributed by atoms with Gasteiger partial charge in [-0.2, -0.15) is 0 Å². The van der Waals surface area contributed by atoms with E-state index in [1.807, 2.05) is 31.2 Å². The van der Waals surface area contributed by atoms with E-state index in [-0.39, 0.29) is 0 Å². The predicted octanol–water partition coefficient (Wildman–Crippen LogP) is 2.23. The Hall–Kier alpha value is 0.140. The molecule has 0 spiro atoms. The summed E-state index contributed by atoms with van der Waals surface area (Å²) in [6.45, 7) is 2.04. The van der Waals surface area contributed by atoms with E-state index in [0.29, 0.717) is 0 Å². The van der Waals surface area contributed by atoms with Gasteiger partial charge in [0.15, 0.2) is 0 Å². The topological polar surface area (TPSA) is 52.0 Å². The van der Waals surface area contributed by atoms with Gasteiger partial charge in [0, 0.05) is 4.90 Å². The molecule has 2 nitrogen and oxygen atoms in total. The molecule has 1 rings (SSSR count). The molecule has 0 fully saturated rings. The minimum absolute atomic E-state index is 1.05. The van der Waals surface area contributed by atoms with Crippen LogP contribution in [0.15, 0.2) is 29.2 Å². The fourth-order valence-electron chi connectivity index (χ4n) is 0.764. The molecule has 0 unspecified atom stereocenters.